The Morgan fingerprint density at radius 2 is 2.29 bits per heavy atom. The molecule has 1 aliphatic heterocycles. The van der Waals surface area contributed by atoms with E-state index in [1.54, 1.807) is 7.05 Å². The smallest absolute Gasteiger partial charge is 0.251 e. The molecule has 3 N–H and O–H groups in total. The van der Waals surface area contributed by atoms with Gasteiger partial charge in [-0.25, -0.2) is 0 Å². The number of benzene rings is 1. The van der Waals surface area contributed by atoms with Crippen LogP contribution in [-0.4, -0.2) is 32.1 Å². The van der Waals surface area contributed by atoms with E-state index in [1.807, 2.05) is 18.2 Å². The second-order valence-corrected chi connectivity index (χ2v) is 4.44. The minimum Gasteiger partial charge on any atom is -0.381 e. The van der Waals surface area contributed by atoms with Gasteiger partial charge in [0.15, 0.2) is 0 Å². The van der Waals surface area contributed by atoms with Crippen LogP contribution in [0.2, 0.25) is 0 Å². The normalized spacial score (nSPS) is 19.1. The molecule has 0 radical (unpaired) electrons. The maximum Gasteiger partial charge on any atom is 0.251 e. The SMILES string of the molecule is CNC(=O)c1ccc(C)c(NC2CCNC2)c1. The van der Waals surface area contributed by atoms with Gasteiger partial charge < -0.3 is 16.0 Å². The molecule has 1 aromatic rings. The van der Waals surface area contributed by atoms with Gasteiger partial charge in [0.05, 0.1) is 0 Å². The molecule has 0 aliphatic carbocycles. The summed E-state index contributed by atoms with van der Waals surface area (Å²) in [4.78, 5) is 11.6. The molecule has 4 heteroatoms. The highest BCUT2D eigenvalue weighted by Crippen LogP contribution is 2.19. The van der Waals surface area contributed by atoms with Crippen LogP contribution < -0.4 is 16.0 Å². The quantitative estimate of drug-likeness (QED) is 0.733. The van der Waals surface area contributed by atoms with E-state index in [-0.39, 0.29) is 5.91 Å². The molecular weight excluding hydrogens is 214 g/mol. The lowest BCUT2D eigenvalue weighted by Crippen LogP contribution is -2.23. The van der Waals surface area contributed by atoms with Crippen LogP contribution >= 0.6 is 0 Å². The highest BCUT2D eigenvalue weighted by Gasteiger charge is 2.15. The summed E-state index contributed by atoms with van der Waals surface area (Å²) >= 11 is 0. The Hall–Kier alpha value is -1.55. The number of amides is 1. The van der Waals surface area contributed by atoms with Gasteiger partial charge in [-0.1, -0.05) is 6.07 Å². The summed E-state index contributed by atoms with van der Waals surface area (Å²) in [6.07, 6.45) is 1.13. The highest BCUT2D eigenvalue weighted by atomic mass is 16.1. The van der Waals surface area contributed by atoms with Crippen LogP contribution in [0.5, 0.6) is 0 Å². The minimum atomic E-state index is -0.0439. The van der Waals surface area contributed by atoms with E-state index in [2.05, 4.69) is 22.9 Å². The fourth-order valence-corrected chi connectivity index (χ4v) is 2.06. The van der Waals surface area contributed by atoms with Gasteiger partial charge in [-0.2, -0.15) is 0 Å². The summed E-state index contributed by atoms with van der Waals surface area (Å²) in [6, 6.07) is 6.22. The van der Waals surface area contributed by atoms with Crippen LogP contribution in [0.25, 0.3) is 0 Å². The number of rotatable bonds is 3. The second-order valence-electron chi connectivity index (χ2n) is 4.44. The molecule has 1 fully saturated rings. The Balaban J connectivity index is 2.16. The van der Waals surface area contributed by atoms with Gasteiger partial charge in [-0.05, 0) is 37.6 Å². The monoisotopic (exact) mass is 233 g/mol. The maximum atomic E-state index is 11.6. The molecule has 1 saturated heterocycles. The molecule has 92 valence electrons. The molecule has 17 heavy (non-hydrogen) atoms. The van der Waals surface area contributed by atoms with Crippen molar-refractivity contribution in [2.75, 3.05) is 25.5 Å². The lowest BCUT2D eigenvalue weighted by atomic mass is 10.1. The Bertz CT molecular complexity index is 411. The van der Waals surface area contributed by atoms with Crippen molar-refractivity contribution in [2.24, 2.45) is 0 Å². The largest absolute Gasteiger partial charge is 0.381 e. The third kappa shape index (κ3) is 2.77. The molecular formula is C13H19N3O. The van der Waals surface area contributed by atoms with E-state index in [9.17, 15) is 4.79 Å². The van der Waals surface area contributed by atoms with Gasteiger partial charge in [0.25, 0.3) is 5.91 Å². The predicted molar refractivity (Wildman–Crippen MR) is 69.5 cm³/mol. The van der Waals surface area contributed by atoms with Gasteiger partial charge in [0, 0.05) is 30.9 Å². The lowest BCUT2D eigenvalue weighted by molar-refractivity contribution is 0.0963. The number of anilines is 1. The molecule has 2 rings (SSSR count). The summed E-state index contributed by atoms with van der Waals surface area (Å²) in [7, 11) is 1.65. The number of hydrogen-bond donors (Lipinski definition) is 3. The van der Waals surface area contributed by atoms with E-state index in [1.165, 1.54) is 5.56 Å². The van der Waals surface area contributed by atoms with Crippen molar-refractivity contribution >= 4 is 11.6 Å². The first-order valence-electron chi connectivity index (χ1n) is 6.00. The van der Waals surface area contributed by atoms with E-state index in [0.29, 0.717) is 11.6 Å². The standard InChI is InChI=1S/C13H19N3O/c1-9-3-4-10(13(17)14-2)7-12(9)16-11-5-6-15-8-11/h3-4,7,11,15-16H,5-6,8H2,1-2H3,(H,14,17). The first kappa shape index (κ1) is 11.9. The number of aryl methyl sites for hydroxylation is 1. The second kappa shape index (κ2) is 5.19. The van der Waals surface area contributed by atoms with Gasteiger partial charge in [0.2, 0.25) is 0 Å². The molecule has 1 atom stereocenters. The van der Waals surface area contributed by atoms with Crippen molar-refractivity contribution in [3.05, 3.63) is 29.3 Å². The highest BCUT2D eigenvalue weighted by molar-refractivity contribution is 5.95. The first-order valence-corrected chi connectivity index (χ1v) is 6.00. The molecule has 1 aliphatic rings. The summed E-state index contributed by atoms with van der Waals surface area (Å²) in [6.45, 7) is 4.10. The van der Waals surface area contributed by atoms with Gasteiger partial charge in [-0.15, -0.1) is 0 Å². The fourth-order valence-electron chi connectivity index (χ4n) is 2.06. The minimum absolute atomic E-state index is 0.0439. The van der Waals surface area contributed by atoms with Crippen molar-refractivity contribution in [3.63, 3.8) is 0 Å². The van der Waals surface area contributed by atoms with Crippen LogP contribution in [0.3, 0.4) is 0 Å². The van der Waals surface area contributed by atoms with Crippen LogP contribution in [0.1, 0.15) is 22.3 Å². The zero-order valence-electron chi connectivity index (χ0n) is 10.3. The molecule has 1 heterocycles. The summed E-state index contributed by atoms with van der Waals surface area (Å²) in [5.74, 6) is -0.0439. The molecule has 0 bridgehead atoms. The molecule has 1 unspecified atom stereocenters. The van der Waals surface area contributed by atoms with E-state index in [0.717, 1.165) is 25.2 Å². The molecule has 0 spiro atoms. The number of nitrogens with one attached hydrogen (secondary N) is 3. The Morgan fingerprint density at radius 1 is 1.47 bits per heavy atom. The zero-order chi connectivity index (χ0) is 12.3. The van der Waals surface area contributed by atoms with Gasteiger partial charge in [0.1, 0.15) is 0 Å². The zero-order valence-corrected chi connectivity index (χ0v) is 10.3. The van der Waals surface area contributed by atoms with Gasteiger partial charge in [-0.3, -0.25) is 4.79 Å². The summed E-state index contributed by atoms with van der Waals surface area (Å²) in [5, 5.41) is 9.45. The third-order valence-corrected chi connectivity index (χ3v) is 3.15. The first-order chi connectivity index (χ1) is 8.20. The van der Waals surface area contributed by atoms with Crippen LogP contribution in [0.15, 0.2) is 18.2 Å². The van der Waals surface area contributed by atoms with E-state index in [4.69, 9.17) is 0 Å². The van der Waals surface area contributed by atoms with E-state index < -0.39 is 0 Å². The van der Waals surface area contributed by atoms with Crippen molar-refractivity contribution in [3.8, 4) is 0 Å². The number of carbonyl (C=O) groups excluding carboxylic acids is 1. The fraction of sp³-hybridized carbons (Fsp3) is 0.462. The molecule has 0 saturated carbocycles. The number of hydrogen-bond acceptors (Lipinski definition) is 3. The van der Waals surface area contributed by atoms with Crippen molar-refractivity contribution in [1.29, 1.82) is 0 Å². The predicted octanol–water partition coefficient (Wildman–Crippen LogP) is 1.13. The molecule has 0 aromatic heterocycles. The van der Waals surface area contributed by atoms with Crippen molar-refractivity contribution < 1.29 is 4.79 Å². The summed E-state index contributed by atoms with van der Waals surface area (Å²) in [5.41, 5.74) is 2.93. The Kier molecular flexibility index (Phi) is 3.64. The van der Waals surface area contributed by atoms with E-state index >= 15 is 0 Å². The molecule has 1 amide bonds. The Labute approximate surface area is 102 Å². The Morgan fingerprint density at radius 3 is 2.94 bits per heavy atom. The summed E-state index contributed by atoms with van der Waals surface area (Å²) < 4.78 is 0. The number of carbonyl (C=O) groups is 1. The maximum absolute atomic E-state index is 11.6. The van der Waals surface area contributed by atoms with Crippen molar-refractivity contribution in [2.45, 2.75) is 19.4 Å². The van der Waals surface area contributed by atoms with Crippen LogP contribution in [-0.2, 0) is 0 Å². The molecule has 4 nitrogen and oxygen atoms in total. The average Bonchev–Trinajstić information content (AvgIpc) is 2.84. The van der Waals surface area contributed by atoms with Crippen molar-refractivity contribution in [1.82, 2.24) is 10.6 Å². The van der Waals surface area contributed by atoms with Crippen LogP contribution in [0.4, 0.5) is 5.69 Å². The third-order valence-electron chi connectivity index (χ3n) is 3.15. The average molecular weight is 233 g/mol. The van der Waals surface area contributed by atoms with Crippen LogP contribution in [0, 0.1) is 6.92 Å². The lowest BCUT2D eigenvalue weighted by Gasteiger charge is -2.16. The van der Waals surface area contributed by atoms with Gasteiger partial charge >= 0.3 is 0 Å². The molecule has 1 aromatic carbocycles. The topological polar surface area (TPSA) is 53.2 Å².